The number of likely N-dealkylation sites (tertiary alicyclic amines) is 1. The van der Waals surface area contributed by atoms with Crippen molar-refractivity contribution in [2.75, 3.05) is 19.0 Å². The number of anilines is 1. The lowest BCUT2D eigenvalue weighted by atomic mass is 9.72. The van der Waals surface area contributed by atoms with Crippen LogP contribution in [0.5, 0.6) is 0 Å². The summed E-state index contributed by atoms with van der Waals surface area (Å²) < 4.78 is 4.61. The van der Waals surface area contributed by atoms with Crippen molar-refractivity contribution in [3.05, 3.63) is 29.8 Å². The first kappa shape index (κ1) is 16.8. The lowest BCUT2D eigenvalue weighted by Crippen LogP contribution is -2.52. The summed E-state index contributed by atoms with van der Waals surface area (Å²) in [6.45, 7) is 3.15. The highest BCUT2D eigenvalue weighted by Gasteiger charge is 2.39. The number of hydrogen-bond acceptors (Lipinski definition) is 3. The number of benzene rings is 1. The van der Waals surface area contributed by atoms with E-state index in [9.17, 15) is 9.59 Å². The molecule has 5 nitrogen and oxygen atoms in total. The third-order valence-electron chi connectivity index (χ3n) is 5.54. The molecule has 1 saturated heterocycles. The molecule has 3 atom stereocenters. The third kappa shape index (κ3) is 3.40. The summed E-state index contributed by atoms with van der Waals surface area (Å²) in [4.78, 5) is 26.5. The minimum atomic E-state index is -0.529. The molecular formula is C19H26N2O3. The largest absolute Gasteiger partial charge is 0.453 e. The Morgan fingerprint density at radius 2 is 2.00 bits per heavy atom. The van der Waals surface area contributed by atoms with Gasteiger partial charge in [0.1, 0.15) is 0 Å². The van der Waals surface area contributed by atoms with E-state index in [0.29, 0.717) is 29.1 Å². The number of nitrogens with zero attached hydrogens (tertiary/aromatic N) is 1. The van der Waals surface area contributed by atoms with Crippen LogP contribution in [0.15, 0.2) is 24.3 Å². The van der Waals surface area contributed by atoms with E-state index in [1.807, 2.05) is 6.07 Å². The Kier molecular flexibility index (Phi) is 5.07. The maximum atomic E-state index is 13.1. The van der Waals surface area contributed by atoms with Crippen molar-refractivity contribution in [3.63, 3.8) is 0 Å². The van der Waals surface area contributed by atoms with Crippen molar-refractivity contribution in [3.8, 4) is 0 Å². The fourth-order valence-electron chi connectivity index (χ4n) is 4.23. The van der Waals surface area contributed by atoms with Crippen LogP contribution in [0, 0.1) is 11.8 Å². The Morgan fingerprint density at radius 1 is 1.21 bits per heavy atom. The van der Waals surface area contributed by atoms with Crippen molar-refractivity contribution in [2.24, 2.45) is 11.8 Å². The number of methoxy groups -OCH3 is 1. The van der Waals surface area contributed by atoms with Gasteiger partial charge in [0.15, 0.2) is 0 Å². The Bertz CT molecular complexity index is 616. The Morgan fingerprint density at radius 3 is 2.79 bits per heavy atom. The monoisotopic (exact) mass is 330 g/mol. The van der Waals surface area contributed by atoms with Crippen molar-refractivity contribution in [1.29, 1.82) is 0 Å². The number of rotatable bonds is 2. The predicted octanol–water partition coefficient (Wildman–Crippen LogP) is 3.91. The van der Waals surface area contributed by atoms with Crippen LogP contribution in [-0.4, -0.2) is 36.6 Å². The quantitative estimate of drug-likeness (QED) is 0.894. The Labute approximate surface area is 143 Å². The van der Waals surface area contributed by atoms with Gasteiger partial charge in [0.25, 0.3) is 5.91 Å². The van der Waals surface area contributed by atoms with Gasteiger partial charge in [0.2, 0.25) is 0 Å². The van der Waals surface area contributed by atoms with E-state index in [-0.39, 0.29) is 5.91 Å². The molecule has 2 aliphatic rings. The molecule has 0 spiro atoms. The minimum Gasteiger partial charge on any atom is -0.453 e. The molecule has 0 radical (unpaired) electrons. The highest BCUT2D eigenvalue weighted by Crippen LogP contribution is 2.39. The fraction of sp³-hybridized carbons (Fsp3) is 0.579. The maximum absolute atomic E-state index is 13.1. The van der Waals surface area contributed by atoms with Crippen molar-refractivity contribution >= 4 is 17.7 Å². The molecule has 1 N–H and O–H groups in total. The van der Waals surface area contributed by atoms with Gasteiger partial charge < -0.3 is 9.64 Å². The second kappa shape index (κ2) is 7.24. The van der Waals surface area contributed by atoms with E-state index in [1.165, 1.54) is 26.4 Å². The average molecular weight is 330 g/mol. The first-order valence-corrected chi connectivity index (χ1v) is 8.86. The summed E-state index contributed by atoms with van der Waals surface area (Å²) in [7, 11) is 1.32. The number of hydrogen-bond donors (Lipinski definition) is 1. The fourth-order valence-corrected chi connectivity index (χ4v) is 4.23. The molecule has 5 heteroatoms. The minimum absolute atomic E-state index is 0.0762. The number of carbonyl (C=O) groups excluding carboxylic acids is 2. The Hall–Kier alpha value is -2.04. The lowest BCUT2D eigenvalue weighted by molar-refractivity contribution is 0.0218. The maximum Gasteiger partial charge on any atom is 0.411 e. The van der Waals surface area contributed by atoms with Gasteiger partial charge in [0.05, 0.1) is 7.11 Å². The molecular weight excluding hydrogens is 304 g/mol. The first-order chi connectivity index (χ1) is 11.6. The number of carbonyl (C=O) groups is 2. The molecule has 24 heavy (non-hydrogen) atoms. The Balaban J connectivity index is 1.78. The van der Waals surface area contributed by atoms with Crippen LogP contribution in [0.1, 0.15) is 49.4 Å². The van der Waals surface area contributed by atoms with Gasteiger partial charge in [-0.05, 0) is 49.3 Å². The number of amides is 2. The summed E-state index contributed by atoms with van der Waals surface area (Å²) >= 11 is 0. The smallest absolute Gasteiger partial charge is 0.411 e. The topological polar surface area (TPSA) is 58.6 Å². The van der Waals surface area contributed by atoms with E-state index in [1.54, 1.807) is 18.2 Å². The molecule has 3 rings (SSSR count). The SMILES string of the molecule is COC(=O)Nc1cccc(C(=O)N2CC[C@H](C)[C@@H]3CCCC[C@H]32)c1. The van der Waals surface area contributed by atoms with E-state index in [2.05, 4.69) is 21.9 Å². The van der Waals surface area contributed by atoms with Crippen LogP contribution in [0.25, 0.3) is 0 Å². The summed E-state index contributed by atoms with van der Waals surface area (Å²) in [6, 6.07) is 7.47. The van der Waals surface area contributed by atoms with E-state index in [0.717, 1.165) is 19.4 Å². The van der Waals surface area contributed by atoms with Gasteiger partial charge in [-0.25, -0.2) is 4.79 Å². The van der Waals surface area contributed by atoms with Gasteiger partial charge in [-0.2, -0.15) is 0 Å². The second-order valence-electron chi connectivity index (χ2n) is 6.98. The molecule has 1 aromatic rings. The molecule has 1 saturated carbocycles. The number of nitrogens with one attached hydrogen (secondary N) is 1. The molecule has 2 amide bonds. The van der Waals surface area contributed by atoms with E-state index < -0.39 is 6.09 Å². The zero-order valence-electron chi connectivity index (χ0n) is 14.5. The number of piperidine rings is 1. The molecule has 2 fully saturated rings. The van der Waals surface area contributed by atoms with Crippen molar-refractivity contribution in [1.82, 2.24) is 4.90 Å². The number of fused-ring (bicyclic) bond motifs is 1. The summed E-state index contributed by atoms with van der Waals surface area (Å²) in [6.07, 6.45) is 5.39. The first-order valence-electron chi connectivity index (χ1n) is 8.86. The highest BCUT2D eigenvalue weighted by molar-refractivity contribution is 5.96. The molecule has 0 unspecified atom stereocenters. The molecule has 1 aliphatic heterocycles. The molecule has 0 aromatic heterocycles. The molecule has 0 bridgehead atoms. The van der Waals surface area contributed by atoms with Gasteiger partial charge in [-0.3, -0.25) is 10.1 Å². The van der Waals surface area contributed by atoms with E-state index in [4.69, 9.17) is 0 Å². The standard InChI is InChI=1S/C19H26N2O3/c1-13-10-11-21(17-9-4-3-8-16(13)17)18(22)14-6-5-7-15(12-14)20-19(23)24-2/h5-7,12-13,16-17H,3-4,8-11H2,1-2H3,(H,20,23)/t13-,16-,17+/m0/s1. The van der Waals surface area contributed by atoms with Crippen molar-refractivity contribution in [2.45, 2.75) is 45.1 Å². The molecule has 130 valence electrons. The predicted molar refractivity (Wildman–Crippen MR) is 93.0 cm³/mol. The molecule has 1 aromatic carbocycles. The number of ether oxygens (including phenoxy) is 1. The van der Waals surface area contributed by atoms with Crippen LogP contribution in [0.3, 0.4) is 0 Å². The lowest BCUT2D eigenvalue weighted by Gasteiger charge is -2.47. The van der Waals surface area contributed by atoms with Crippen LogP contribution in [-0.2, 0) is 4.74 Å². The zero-order chi connectivity index (χ0) is 17.1. The summed E-state index contributed by atoms with van der Waals surface area (Å²) in [5.41, 5.74) is 1.21. The van der Waals surface area contributed by atoms with Crippen LogP contribution < -0.4 is 5.32 Å². The molecule has 1 aliphatic carbocycles. The van der Waals surface area contributed by atoms with Crippen LogP contribution in [0.4, 0.5) is 10.5 Å². The third-order valence-corrected chi connectivity index (χ3v) is 5.54. The van der Waals surface area contributed by atoms with Crippen LogP contribution in [0.2, 0.25) is 0 Å². The van der Waals surface area contributed by atoms with Crippen LogP contribution >= 0.6 is 0 Å². The van der Waals surface area contributed by atoms with Gasteiger partial charge in [-0.1, -0.05) is 25.8 Å². The zero-order valence-corrected chi connectivity index (χ0v) is 14.5. The average Bonchev–Trinajstić information content (AvgIpc) is 2.62. The van der Waals surface area contributed by atoms with Gasteiger partial charge >= 0.3 is 6.09 Å². The highest BCUT2D eigenvalue weighted by atomic mass is 16.5. The normalized spacial score (nSPS) is 26.4. The summed E-state index contributed by atoms with van der Waals surface area (Å²) in [5, 5.41) is 2.62. The van der Waals surface area contributed by atoms with Gasteiger partial charge in [-0.15, -0.1) is 0 Å². The van der Waals surface area contributed by atoms with Crippen molar-refractivity contribution < 1.29 is 14.3 Å². The molecule has 1 heterocycles. The van der Waals surface area contributed by atoms with E-state index >= 15 is 0 Å². The second-order valence-corrected chi connectivity index (χ2v) is 6.98. The van der Waals surface area contributed by atoms with Gasteiger partial charge in [0, 0.05) is 23.8 Å². The summed E-state index contributed by atoms with van der Waals surface area (Å²) in [5.74, 6) is 1.41.